The number of carbonyl (C=O) groups is 1. The molecule has 4 aromatic rings. The van der Waals surface area contributed by atoms with E-state index in [1.165, 1.54) is 30.4 Å². The topological polar surface area (TPSA) is 99.6 Å². The number of rotatable bonds is 4. The number of nitrogens with zero attached hydrogens (tertiary/aromatic N) is 5. The second-order valence-electron chi connectivity index (χ2n) is 5.86. The highest BCUT2D eigenvalue weighted by molar-refractivity contribution is 7.17. The number of nitrogens with two attached hydrogens (primary N) is 1. The van der Waals surface area contributed by atoms with Gasteiger partial charge in [0.2, 0.25) is 0 Å². The molecule has 1 aromatic carbocycles. The minimum absolute atomic E-state index is 0.0367. The van der Waals surface area contributed by atoms with E-state index in [0.717, 1.165) is 15.6 Å². The molecule has 0 atom stereocenters. The van der Waals surface area contributed by atoms with Crippen molar-refractivity contribution in [1.82, 2.24) is 25.2 Å². The van der Waals surface area contributed by atoms with Crippen LogP contribution in [0, 0.1) is 11.6 Å². The number of thiophene rings is 1. The van der Waals surface area contributed by atoms with Crippen molar-refractivity contribution in [2.75, 3.05) is 5.73 Å². The van der Waals surface area contributed by atoms with Crippen LogP contribution >= 0.6 is 11.3 Å². The van der Waals surface area contributed by atoms with E-state index in [1.807, 2.05) is 0 Å². The Bertz CT molecular complexity index is 1200. The van der Waals surface area contributed by atoms with Gasteiger partial charge in [0.1, 0.15) is 11.5 Å². The molecule has 4 rings (SSSR count). The number of carbonyl (C=O) groups excluding carboxylic acids is 1. The zero-order valence-electron chi connectivity index (χ0n) is 14.4. The van der Waals surface area contributed by atoms with Crippen LogP contribution in [0.3, 0.4) is 0 Å². The molecule has 28 heavy (non-hydrogen) atoms. The first-order valence-electron chi connectivity index (χ1n) is 8.05. The van der Waals surface area contributed by atoms with Gasteiger partial charge in [-0.05, 0) is 47.7 Å². The third kappa shape index (κ3) is 3.03. The van der Waals surface area contributed by atoms with Crippen LogP contribution in [0.5, 0.6) is 0 Å². The molecule has 0 aliphatic carbocycles. The van der Waals surface area contributed by atoms with E-state index in [-0.39, 0.29) is 23.1 Å². The van der Waals surface area contributed by atoms with Crippen molar-refractivity contribution in [2.45, 2.75) is 6.92 Å². The largest absolute Gasteiger partial charge is 0.383 e. The SMILES string of the molecule is CC(=O)c1ccc(-c2cnc(N)c(-c3nnnn3-c3cccc(F)c3F)c2)s1. The number of hydrogen-bond donors (Lipinski definition) is 1. The number of anilines is 1. The highest BCUT2D eigenvalue weighted by Crippen LogP contribution is 2.33. The minimum Gasteiger partial charge on any atom is -0.383 e. The number of hydrogen-bond acceptors (Lipinski definition) is 7. The Morgan fingerprint density at radius 3 is 2.79 bits per heavy atom. The maximum Gasteiger partial charge on any atom is 0.190 e. The van der Waals surface area contributed by atoms with Crippen molar-refractivity contribution in [2.24, 2.45) is 0 Å². The van der Waals surface area contributed by atoms with E-state index < -0.39 is 11.6 Å². The van der Waals surface area contributed by atoms with Crippen LogP contribution in [0.15, 0.2) is 42.6 Å². The molecule has 0 saturated carbocycles. The molecule has 3 heterocycles. The van der Waals surface area contributed by atoms with Crippen molar-refractivity contribution in [3.05, 3.63) is 59.1 Å². The summed E-state index contributed by atoms with van der Waals surface area (Å²) >= 11 is 1.31. The highest BCUT2D eigenvalue weighted by atomic mass is 32.1. The molecule has 0 bridgehead atoms. The quantitative estimate of drug-likeness (QED) is 0.528. The van der Waals surface area contributed by atoms with E-state index in [1.54, 1.807) is 24.4 Å². The van der Waals surface area contributed by atoms with Crippen LogP contribution in [0.25, 0.3) is 27.5 Å². The maximum atomic E-state index is 14.2. The molecular formula is C18H12F2N6OS. The molecule has 10 heteroatoms. The molecule has 0 aliphatic heterocycles. The summed E-state index contributed by atoms with van der Waals surface area (Å²) in [6.07, 6.45) is 1.56. The van der Waals surface area contributed by atoms with Crippen molar-refractivity contribution in [3.63, 3.8) is 0 Å². The summed E-state index contributed by atoms with van der Waals surface area (Å²) in [6.45, 7) is 1.49. The van der Waals surface area contributed by atoms with E-state index in [4.69, 9.17) is 5.73 Å². The molecule has 0 saturated heterocycles. The number of pyridine rings is 1. The van der Waals surface area contributed by atoms with Gasteiger partial charge in [0, 0.05) is 16.6 Å². The molecule has 0 unspecified atom stereocenters. The lowest BCUT2D eigenvalue weighted by Gasteiger charge is -2.09. The van der Waals surface area contributed by atoms with E-state index in [2.05, 4.69) is 20.5 Å². The van der Waals surface area contributed by atoms with Crippen molar-refractivity contribution < 1.29 is 13.6 Å². The fourth-order valence-corrected chi connectivity index (χ4v) is 3.53. The number of nitrogen functional groups attached to an aromatic ring is 1. The van der Waals surface area contributed by atoms with Gasteiger partial charge in [-0.25, -0.2) is 13.8 Å². The summed E-state index contributed by atoms with van der Waals surface area (Å²) in [5, 5.41) is 11.2. The van der Waals surface area contributed by atoms with Gasteiger partial charge in [0.15, 0.2) is 23.2 Å². The molecule has 0 fully saturated rings. The van der Waals surface area contributed by atoms with Crippen LogP contribution in [0.1, 0.15) is 16.6 Å². The summed E-state index contributed by atoms with van der Waals surface area (Å²) in [6, 6.07) is 8.93. The summed E-state index contributed by atoms with van der Waals surface area (Å²) in [5.41, 5.74) is 6.88. The van der Waals surface area contributed by atoms with Crippen LogP contribution in [0.2, 0.25) is 0 Å². The second-order valence-corrected chi connectivity index (χ2v) is 6.95. The molecule has 0 spiro atoms. The monoisotopic (exact) mass is 398 g/mol. The van der Waals surface area contributed by atoms with Crippen LogP contribution < -0.4 is 5.73 Å². The first kappa shape index (κ1) is 17.9. The van der Waals surface area contributed by atoms with Crippen molar-refractivity contribution in [3.8, 4) is 27.5 Å². The van der Waals surface area contributed by atoms with Crippen LogP contribution in [0.4, 0.5) is 14.6 Å². The number of aromatic nitrogens is 5. The lowest BCUT2D eigenvalue weighted by molar-refractivity contribution is 0.102. The fourth-order valence-electron chi connectivity index (χ4n) is 2.64. The van der Waals surface area contributed by atoms with E-state index >= 15 is 0 Å². The van der Waals surface area contributed by atoms with E-state index in [9.17, 15) is 13.6 Å². The predicted octanol–water partition coefficient (Wildman–Crippen LogP) is 3.52. The van der Waals surface area contributed by atoms with Gasteiger partial charge < -0.3 is 5.73 Å². The molecule has 2 N–H and O–H groups in total. The number of Topliss-reactive ketones (excluding diaryl/α,β-unsaturated/α-hetero) is 1. The molecule has 3 aromatic heterocycles. The van der Waals surface area contributed by atoms with Gasteiger partial charge in [-0.2, -0.15) is 4.68 Å². The first-order valence-corrected chi connectivity index (χ1v) is 8.87. The number of ketones is 1. The summed E-state index contributed by atoms with van der Waals surface area (Å²) in [7, 11) is 0. The summed E-state index contributed by atoms with van der Waals surface area (Å²) < 4.78 is 28.9. The third-order valence-electron chi connectivity index (χ3n) is 4.03. The van der Waals surface area contributed by atoms with Gasteiger partial charge in [0.25, 0.3) is 0 Å². The second kappa shape index (κ2) is 6.89. The standard InChI is InChI=1S/C18H12F2N6OS/c1-9(27)14-5-6-15(28-14)10-7-11(17(21)22-8-10)18-23-24-25-26(18)13-4-2-3-12(19)16(13)20/h2-8H,1H3,(H2,21,22). The number of tetrazole rings is 1. The van der Waals surface area contributed by atoms with E-state index in [0.29, 0.717) is 16.0 Å². The molecule has 140 valence electrons. The predicted molar refractivity (Wildman–Crippen MR) is 100 cm³/mol. The van der Waals surface area contributed by atoms with Gasteiger partial charge in [-0.15, -0.1) is 16.4 Å². The lowest BCUT2D eigenvalue weighted by Crippen LogP contribution is -2.06. The fraction of sp³-hybridized carbons (Fsp3) is 0.0556. The van der Waals surface area contributed by atoms with Gasteiger partial charge in [0.05, 0.1) is 10.4 Å². The average Bonchev–Trinajstić information content (AvgIpc) is 3.34. The number of benzene rings is 1. The Kier molecular flexibility index (Phi) is 4.40. The highest BCUT2D eigenvalue weighted by Gasteiger charge is 2.19. The zero-order valence-corrected chi connectivity index (χ0v) is 15.2. The van der Waals surface area contributed by atoms with Crippen molar-refractivity contribution >= 4 is 22.9 Å². The van der Waals surface area contributed by atoms with Gasteiger partial charge >= 0.3 is 0 Å². The Labute approximate surface area is 161 Å². The Morgan fingerprint density at radius 1 is 1.21 bits per heavy atom. The normalized spacial score (nSPS) is 11.0. The zero-order chi connectivity index (χ0) is 19.8. The molecule has 0 amide bonds. The van der Waals surface area contributed by atoms with Gasteiger partial charge in [-0.1, -0.05) is 6.07 Å². The number of halogens is 2. The first-order chi connectivity index (χ1) is 13.5. The minimum atomic E-state index is -1.08. The summed E-state index contributed by atoms with van der Waals surface area (Å²) in [5.74, 6) is -1.90. The van der Waals surface area contributed by atoms with Crippen LogP contribution in [-0.4, -0.2) is 31.0 Å². The smallest absolute Gasteiger partial charge is 0.190 e. The molecular weight excluding hydrogens is 386 g/mol. The van der Waals surface area contributed by atoms with Crippen LogP contribution in [-0.2, 0) is 0 Å². The van der Waals surface area contributed by atoms with Crippen molar-refractivity contribution in [1.29, 1.82) is 0 Å². The third-order valence-corrected chi connectivity index (χ3v) is 5.26. The molecule has 0 aliphatic rings. The Balaban J connectivity index is 1.84. The molecule has 0 radical (unpaired) electrons. The van der Waals surface area contributed by atoms with Gasteiger partial charge in [-0.3, -0.25) is 4.79 Å². The lowest BCUT2D eigenvalue weighted by atomic mass is 10.1. The molecule has 7 nitrogen and oxygen atoms in total. The summed E-state index contributed by atoms with van der Waals surface area (Å²) in [4.78, 5) is 17.1. The Hall–Kier alpha value is -3.53. The Morgan fingerprint density at radius 2 is 2.04 bits per heavy atom. The average molecular weight is 398 g/mol. The maximum absolute atomic E-state index is 14.2.